The Morgan fingerprint density at radius 3 is 2.23 bits per heavy atom. The fourth-order valence-electron chi connectivity index (χ4n) is 2.25. The first-order valence-corrected chi connectivity index (χ1v) is 8.17. The summed E-state index contributed by atoms with van der Waals surface area (Å²) >= 11 is 0. The van der Waals surface area contributed by atoms with Crippen LogP contribution in [0.1, 0.15) is 19.8 Å². The van der Waals surface area contributed by atoms with Crippen molar-refractivity contribution in [2.45, 2.75) is 25.8 Å². The molecule has 0 fully saturated rings. The van der Waals surface area contributed by atoms with Crippen molar-refractivity contribution in [3.63, 3.8) is 0 Å². The molecular formula is C19H23ClN2O4. The molecule has 6 nitrogen and oxygen atoms in total. The van der Waals surface area contributed by atoms with Crippen LogP contribution in [0.4, 0.5) is 5.69 Å². The highest BCUT2D eigenvalue weighted by Gasteiger charge is 2.16. The highest BCUT2D eigenvalue weighted by atomic mass is 35.5. The molecule has 1 atom stereocenters. The van der Waals surface area contributed by atoms with E-state index in [0.29, 0.717) is 17.9 Å². The smallest absolute Gasteiger partial charge is 0.320 e. The maximum absolute atomic E-state index is 11.9. The van der Waals surface area contributed by atoms with E-state index in [1.807, 2.05) is 37.3 Å². The molecule has 0 heterocycles. The fourth-order valence-corrected chi connectivity index (χ4v) is 2.25. The Hall–Kier alpha value is -2.57. The second kappa shape index (κ2) is 11.1. The van der Waals surface area contributed by atoms with Gasteiger partial charge in [0.15, 0.2) is 0 Å². The predicted octanol–water partition coefficient (Wildman–Crippen LogP) is 3.68. The summed E-state index contributed by atoms with van der Waals surface area (Å²) in [5.74, 6) is 0.159. The molecule has 0 bridgehead atoms. The number of hydrogen-bond donors (Lipinski definition) is 3. The number of rotatable bonds is 9. The summed E-state index contributed by atoms with van der Waals surface area (Å²) in [7, 11) is 0. The van der Waals surface area contributed by atoms with Crippen LogP contribution in [0.3, 0.4) is 0 Å². The number of halogens is 1. The molecule has 0 saturated heterocycles. The number of nitrogens with one attached hydrogen (secondary N) is 2. The molecule has 1 unspecified atom stereocenters. The molecule has 0 aliphatic carbocycles. The third kappa shape index (κ3) is 7.13. The first kappa shape index (κ1) is 21.5. The zero-order valence-corrected chi connectivity index (χ0v) is 15.3. The maximum atomic E-state index is 11.9. The Balaban J connectivity index is 0.00000338. The molecule has 0 saturated carbocycles. The van der Waals surface area contributed by atoms with E-state index in [4.69, 9.17) is 9.84 Å². The normalized spacial score (nSPS) is 11.1. The third-order valence-electron chi connectivity index (χ3n) is 3.50. The van der Waals surface area contributed by atoms with Gasteiger partial charge in [0.2, 0.25) is 5.91 Å². The molecule has 0 aliphatic heterocycles. The van der Waals surface area contributed by atoms with E-state index in [2.05, 4.69) is 10.6 Å². The van der Waals surface area contributed by atoms with Crippen LogP contribution < -0.4 is 15.4 Å². The topological polar surface area (TPSA) is 87.7 Å². The lowest BCUT2D eigenvalue weighted by Gasteiger charge is -2.13. The number of para-hydroxylation sites is 1. The molecule has 0 spiro atoms. The van der Waals surface area contributed by atoms with Gasteiger partial charge in [-0.3, -0.25) is 14.9 Å². The molecule has 2 rings (SSSR count). The summed E-state index contributed by atoms with van der Waals surface area (Å²) in [6.45, 7) is 1.84. The van der Waals surface area contributed by atoms with Gasteiger partial charge in [-0.25, -0.2) is 0 Å². The van der Waals surface area contributed by atoms with Gasteiger partial charge in [-0.2, -0.15) is 0 Å². The Bertz CT molecular complexity index is 692. The van der Waals surface area contributed by atoms with Crippen LogP contribution in [0.5, 0.6) is 11.5 Å². The SMILES string of the molecule is CCCC(NCC(=O)Nc1ccc(Oc2ccccc2)cc1)C(=O)O.Cl. The van der Waals surface area contributed by atoms with E-state index in [9.17, 15) is 9.59 Å². The molecule has 0 aliphatic rings. The van der Waals surface area contributed by atoms with Crippen LogP contribution >= 0.6 is 12.4 Å². The lowest BCUT2D eigenvalue weighted by molar-refractivity contribution is -0.139. The van der Waals surface area contributed by atoms with E-state index < -0.39 is 12.0 Å². The molecule has 140 valence electrons. The minimum Gasteiger partial charge on any atom is -0.480 e. The van der Waals surface area contributed by atoms with Gasteiger partial charge < -0.3 is 15.2 Å². The number of anilines is 1. The van der Waals surface area contributed by atoms with Crippen molar-refractivity contribution in [2.75, 3.05) is 11.9 Å². The van der Waals surface area contributed by atoms with Crippen molar-refractivity contribution in [1.29, 1.82) is 0 Å². The van der Waals surface area contributed by atoms with Gasteiger partial charge in [0.25, 0.3) is 0 Å². The number of hydrogen-bond acceptors (Lipinski definition) is 4. The summed E-state index contributed by atoms with van der Waals surface area (Å²) in [5.41, 5.74) is 0.620. The highest BCUT2D eigenvalue weighted by molar-refractivity contribution is 5.92. The summed E-state index contributed by atoms with van der Waals surface area (Å²) in [6.07, 6.45) is 1.21. The second-order valence-electron chi connectivity index (χ2n) is 5.55. The first-order valence-electron chi connectivity index (χ1n) is 8.17. The molecule has 0 radical (unpaired) electrons. The average Bonchev–Trinajstić information content (AvgIpc) is 2.61. The minimum absolute atomic E-state index is 0. The average molecular weight is 379 g/mol. The number of ether oxygens (including phenoxy) is 1. The van der Waals surface area contributed by atoms with E-state index in [1.54, 1.807) is 24.3 Å². The van der Waals surface area contributed by atoms with E-state index >= 15 is 0 Å². The van der Waals surface area contributed by atoms with Crippen molar-refractivity contribution in [3.8, 4) is 11.5 Å². The van der Waals surface area contributed by atoms with Crippen LogP contribution in [-0.2, 0) is 9.59 Å². The van der Waals surface area contributed by atoms with Gasteiger partial charge >= 0.3 is 5.97 Å². The summed E-state index contributed by atoms with van der Waals surface area (Å²) in [6, 6.07) is 15.7. The number of benzene rings is 2. The van der Waals surface area contributed by atoms with Crippen LogP contribution in [0.25, 0.3) is 0 Å². The standard InChI is InChI=1S/C19H22N2O4.ClH/c1-2-6-17(19(23)24)20-13-18(22)21-14-9-11-16(12-10-14)25-15-7-4-3-5-8-15;/h3-5,7-12,17,20H,2,6,13H2,1H3,(H,21,22)(H,23,24);1H. The quantitative estimate of drug-likeness (QED) is 0.619. The van der Waals surface area contributed by atoms with Gasteiger partial charge in [0, 0.05) is 5.69 Å². The van der Waals surface area contributed by atoms with Crippen molar-refractivity contribution in [3.05, 3.63) is 54.6 Å². The predicted molar refractivity (Wildman–Crippen MR) is 103 cm³/mol. The Morgan fingerprint density at radius 1 is 1.04 bits per heavy atom. The molecule has 1 amide bonds. The van der Waals surface area contributed by atoms with Crippen LogP contribution in [0.15, 0.2) is 54.6 Å². The molecule has 0 aromatic heterocycles. The molecule has 3 N–H and O–H groups in total. The molecule has 7 heteroatoms. The van der Waals surface area contributed by atoms with Gasteiger partial charge in [-0.15, -0.1) is 12.4 Å². The zero-order valence-electron chi connectivity index (χ0n) is 14.5. The first-order chi connectivity index (χ1) is 12.1. The van der Waals surface area contributed by atoms with Gasteiger partial charge in [0.1, 0.15) is 17.5 Å². The number of carboxylic acids is 1. The number of aliphatic carboxylic acids is 1. The summed E-state index contributed by atoms with van der Waals surface area (Å²) in [5, 5.41) is 14.5. The van der Waals surface area contributed by atoms with Crippen molar-refractivity contribution in [1.82, 2.24) is 5.32 Å². The summed E-state index contributed by atoms with van der Waals surface area (Å²) < 4.78 is 5.68. The lowest BCUT2D eigenvalue weighted by Crippen LogP contribution is -2.41. The monoisotopic (exact) mass is 378 g/mol. The molecule has 26 heavy (non-hydrogen) atoms. The van der Waals surface area contributed by atoms with Crippen molar-refractivity contribution in [2.24, 2.45) is 0 Å². The summed E-state index contributed by atoms with van der Waals surface area (Å²) in [4.78, 5) is 23.0. The van der Waals surface area contributed by atoms with Gasteiger partial charge in [0.05, 0.1) is 6.54 Å². The van der Waals surface area contributed by atoms with E-state index in [0.717, 1.165) is 12.2 Å². The number of carbonyl (C=O) groups is 2. The van der Waals surface area contributed by atoms with Gasteiger partial charge in [-0.1, -0.05) is 31.5 Å². The lowest BCUT2D eigenvalue weighted by atomic mass is 10.2. The zero-order chi connectivity index (χ0) is 18.1. The maximum Gasteiger partial charge on any atom is 0.320 e. The highest BCUT2D eigenvalue weighted by Crippen LogP contribution is 2.22. The minimum atomic E-state index is -0.947. The molecule has 2 aromatic carbocycles. The Morgan fingerprint density at radius 2 is 1.65 bits per heavy atom. The van der Waals surface area contributed by atoms with E-state index in [1.165, 1.54) is 0 Å². The van der Waals surface area contributed by atoms with Crippen LogP contribution in [-0.4, -0.2) is 29.6 Å². The molecule has 2 aromatic rings. The van der Waals surface area contributed by atoms with Gasteiger partial charge in [-0.05, 0) is 42.8 Å². The van der Waals surface area contributed by atoms with E-state index in [-0.39, 0.29) is 24.9 Å². The van der Waals surface area contributed by atoms with Crippen molar-refractivity contribution >= 4 is 30.0 Å². The number of carbonyl (C=O) groups excluding carboxylic acids is 1. The van der Waals surface area contributed by atoms with Crippen LogP contribution in [0.2, 0.25) is 0 Å². The molecular weight excluding hydrogens is 356 g/mol. The number of carboxylic acid groups (broad SMARTS) is 1. The fraction of sp³-hybridized carbons (Fsp3) is 0.263. The second-order valence-corrected chi connectivity index (χ2v) is 5.55. The Labute approximate surface area is 159 Å². The Kier molecular flexibility index (Phi) is 9.19. The third-order valence-corrected chi connectivity index (χ3v) is 3.50. The largest absolute Gasteiger partial charge is 0.480 e. The van der Waals surface area contributed by atoms with Crippen molar-refractivity contribution < 1.29 is 19.4 Å². The number of amides is 1. The van der Waals surface area contributed by atoms with Crippen LogP contribution in [0, 0.1) is 0 Å².